The molecule has 2 unspecified atom stereocenters. The zero-order valence-corrected chi connectivity index (χ0v) is 17.5. The van der Waals surface area contributed by atoms with Crippen LogP contribution in [0, 0.1) is 5.92 Å². The first kappa shape index (κ1) is 24.0. The third kappa shape index (κ3) is 12.3. The number of unbranched alkanes of at least 4 members (excludes halogenated alkanes) is 11. The van der Waals surface area contributed by atoms with Gasteiger partial charge in [-0.15, -0.1) is 0 Å². The van der Waals surface area contributed by atoms with Gasteiger partial charge in [0.1, 0.15) is 0 Å². The molecule has 1 heteroatoms. The first-order valence-electron chi connectivity index (χ1n) is 11.3. The minimum absolute atomic E-state index is 0.399. The Morgan fingerprint density at radius 3 is 1.54 bits per heavy atom. The van der Waals surface area contributed by atoms with Crippen molar-refractivity contribution in [3.05, 3.63) is 0 Å². The monoisotopic (exact) mass is 340 g/mol. The molecule has 0 fully saturated rings. The molecule has 146 valence electrons. The van der Waals surface area contributed by atoms with Crippen LogP contribution >= 0.6 is 0 Å². The molecule has 2 atom stereocenters. The van der Waals surface area contributed by atoms with Crippen molar-refractivity contribution in [2.24, 2.45) is 5.92 Å². The van der Waals surface area contributed by atoms with Gasteiger partial charge in [0.15, 0.2) is 0 Å². The Balaban J connectivity index is 4.08. The lowest BCUT2D eigenvalue weighted by Gasteiger charge is -2.35. The fourth-order valence-electron chi connectivity index (χ4n) is 3.81. The van der Waals surface area contributed by atoms with Gasteiger partial charge >= 0.3 is 0 Å². The molecule has 0 aliphatic heterocycles. The van der Waals surface area contributed by atoms with E-state index in [1.54, 1.807) is 0 Å². The Morgan fingerprint density at radius 2 is 1.00 bits per heavy atom. The molecule has 0 aromatic rings. The molecule has 1 N–H and O–H groups in total. The molecule has 0 aromatic carbocycles. The Bertz CT molecular complexity index is 250. The lowest BCUT2D eigenvalue weighted by atomic mass is 9.77. The lowest BCUT2D eigenvalue weighted by Crippen LogP contribution is -2.36. The fourth-order valence-corrected chi connectivity index (χ4v) is 3.81. The first-order chi connectivity index (χ1) is 11.6. The van der Waals surface area contributed by atoms with Crippen LogP contribution in [0.2, 0.25) is 0 Å². The van der Waals surface area contributed by atoms with Crippen molar-refractivity contribution in [1.82, 2.24) is 0 Å². The maximum atomic E-state index is 11.3. The largest absolute Gasteiger partial charge is 0.390 e. The average Bonchev–Trinajstić information content (AvgIpc) is 2.59. The van der Waals surface area contributed by atoms with Gasteiger partial charge in [-0.2, -0.15) is 0 Å². The molecular formula is C23H48O. The van der Waals surface area contributed by atoms with Crippen LogP contribution in [-0.2, 0) is 0 Å². The highest BCUT2D eigenvalue weighted by Crippen LogP contribution is 2.33. The van der Waals surface area contributed by atoms with Crippen LogP contribution in [0.4, 0.5) is 0 Å². The van der Waals surface area contributed by atoms with E-state index in [0.29, 0.717) is 5.92 Å². The van der Waals surface area contributed by atoms with Crippen molar-refractivity contribution in [2.45, 2.75) is 142 Å². The SMILES string of the molecule is CCCCCCCCC(C)C(O)(CCCC)CCCCCCCC. The molecule has 0 aliphatic rings. The van der Waals surface area contributed by atoms with Gasteiger partial charge in [0.05, 0.1) is 5.60 Å². The van der Waals surface area contributed by atoms with E-state index in [4.69, 9.17) is 0 Å². The second-order valence-electron chi connectivity index (χ2n) is 8.18. The molecule has 0 rings (SSSR count). The molecule has 0 amide bonds. The Hall–Kier alpha value is -0.0400. The van der Waals surface area contributed by atoms with Crippen molar-refractivity contribution < 1.29 is 5.11 Å². The molecule has 0 saturated carbocycles. The second-order valence-corrected chi connectivity index (χ2v) is 8.18. The third-order valence-corrected chi connectivity index (χ3v) is 5.83. The van der Waals surface area contributed by atoms with Crippen molar-refractivity contribution in [3.8, 4) is 0 Å². The number of hydrogen-bond donors (Lipinski definition) is 1. The summed E-state index contributed by atoms with van der Waals surface area (Å²) in [4.78, 5) is 0. The second kappa shape index (κ2) is 16.4. The maximum Gasteiger partial charge on any atom is 0.0673 e. The molecule has 0 bridgehead atoms. The maximum absolute atomic E-state index is 11.3. The molecule has 1 nitrogen and oxygen atoms in total. The Kier molecular flexibility index (Phi) is 16.4. The normalized spacial score (nSPS) is 15.4. The average molecular weight is 341 g/mol. The molecule has 0 aromatic heterocycles. The van der Waals surface area contributed by atoms with Gasteiger partial charge in [-0.3, -0.25) is 0 Å². The highest BCUT2D eigenvalue weighted by Gasteiger charge is 2.31. The zero-order chi connectivity index (χ0) is 18.1. The van der Waals surface area contributed by atoms with Crippen LogP contribution in [0.15, 0.2) is 0 Å². The topological polar surface area (TPSA) is 20.2 Å². The van der Waals surface area contributed by atoms with E-state index in [-0.39, 0.29) is 0 Å². The van der Waals surface area contributed by atoms with Crippen LogP contribution in [0.3, 0.4) is 0 Å². The van der Waals surface area contributed by atoms with Crippen LogP contribution in [0.1, 0.15) is 137 Å². The molecule has 0 saturated heterocycles. The van der Waals surface area contributed by atoms with E-state index >= 15 is 0 Å². The molecule has 0 heterocycles. The first-order valence-corrected chi connectivity index (χ1v) is 11.3. The van der Waals surface area contributed by atoms with Crippen LogP contribution in [0.25, 0.3) is 0 Å². The quantitative estimate of drug-likeness (QED) is 0.250. The smallest absolute Gasteiger partial charge is 0.0673 e. The minimum Gasteiger partial charge on any atom is -0.390 e. The van der Waals surface area contributed by atoms with E-state index in [0.717, 1.165) is 12.8 Å². The summed E-state index contributed by atoms with van der Waals surface area (Å²) in [5.74, 6) is 0.464. The predicted molar refractivity (Wildman–Crippen MR) is 110 cm³/mol. The van der Waals surface area contributed by atoms with Gasteiger partial charge in [-0.1, -0.05) is 118 Å². The predicted octanol–water partition coefficient (Wildman–Crippen LogP) is 8.05. The van der Waals surface area contributed by atoms with Crippen LogP contribution < -0.4 is 0 Å². The number of hydrogen-bond acceptors (Lipinski definition) is 1. The van der Waals surface area contributed by atoms with Gasteiger partial charge in [0.25, 0.3) is 0 Å². The molecule has 0 radical (unpaired) electrons. The lowest BCUT2D eigenvalue weighted by molar-refractivity contribution is -0.0347. The Morgan fingerprint density at radius 1 is 0.583 bits per heavy atom. The van der Waals surface area contributed by atoms with Gasteiger partial charge in [0.2, 0.25) is 0 Å². The molecular weight excluding hydrogens is 292 g/mol. The summed E-state index contributed by atoms with van der Waals surface area (Å²) in [5, 5.41) is 11.3. The molecule has 0 aliphatic carbocycles. The fraction of sp³-hybridized carbons (Fsp3) is 1.00. The van der Waals surface area contributed by atoms with Gasteiger partial charge in [-0.05, 0) is 25.2 Å². The van der Waals surface area contributed by atoms with Gasteiger partial charge in [0, 0.05) is 0 Å². The molecule has 24 heavy (non-hydrogen) atoms. The van der Waals surface area contributed by atoms with E-state index in [9.17, 15) is 5.11 Å². The summed E-state index contributed by atoms with van der Waals surface area (Å²) in [7, 11) is 0. The summed E-state index contributed by atoms with van der Waals surface area (Å²) in [6.45, 7) is 9.09. The summed E-state index contributed by atoms with van der Waals surface area (Å²) in [6.07, 6.45) is 21.7. The summed E-state index contributed by atoms with van der Waals surface area (Å²) in [5.41, 5.74) is -0.399. The van der Waals surface area contributed by atoms with E-state index in [1.165, 1.54) is 96.3 Å². The van der Waals surface area contributed by atoms with E-state index in [1.807, 2.05) is 0 Å². The zero-order valence-electron chi connectivity index (χ0n) is 17.5. The van der Waals surface area contributed by atoms with Crippen molar-refractivity contribution in [2.75, 3.05) is 0 Å². The molecule has 0 spiro atoms. The number of aliphatic hydroxyl groups is 1. The van der Waals surface area contributed by atoms with E-state index < -0.39 is 5.60 Å². The standard InChI is InChI=1S/C23H48O/c1-5-8-11-13-15-17-19-22(4)23(24,20-10-7-3)21-18-16-14-12-9-6-2/h22,24H,5-21H2,1-4H3. The van der Waals surface area contributed by atoms with Crippen molar-refractivity contribution in [3.63, 3.8) is 0 Å². The summed E-state index contributed by atoms with van der Waals surface area (Å²) in [6, 6.07) is 0. The third-order valence-electron chi connectivity index (χ3n) is 5.83. The van der Waals surface area contributed by atoms with Gasteiger partial charge < -0.3 is 5.11 Å². The van der Waals surface area contributed by atoms with Crippen LogP contribution in [0.5, 0.6) is 0 Å². The summed E-state index contributed by atoms with van der Waals surface area (Å²) >= 11 is 0. The van der Waals surface area contributed by atoms with Crippen molar-refractivity contribution >= 4 is 0 Å². The summed E-state index contributed by atoms with van der Waals surface area (Å²) < 4.78 is 0. The van der Waals surface area contributed by atoms with Gasteiger partial charge in [-0.25, -0.2) is 0 Å². The highest BCUT2D eigenvalue weighted by molar-refractivity contribution is 4.84. The highest BCUT2D eigenvalue weighted by atomic mass is 16.3. The minimum atomic E-state index is -0.399. The Labute approximate surface area is 154 Å². The van der Waals surface area contributed by atoms with E-state index in [2.05, 4.69) is 27.7 Å². The van der Waals surface area contributed by atoms with Crippen molar-refractivity contribution in [1.29, 1.82) is 0 Å². The number of rotatable bonds is 18. The van der Waals surface area contributed by atoms with Crippen LogP contribution in [-0.4, -0.2) is 10.7 Å².